The van der Waals surface area contributed by atoms with E-state index in [0.29, 0.717) is 13.0 Å². The molecule has 0 aliphatic rings. The maximum Gasteiger partial charge on any atom is 0.315 e. The molecule has 0 unspecified atom stereocenters. The minimum atomic E-state index is -0.159. The van der Waals surface area contributed by atoms with Crippen molar-refractivity contribution in [1.29, 1.82) is 0 Å². The molecule has 2 rings (SSSR count). The van der Waals surface area contributed by atoms with Gasteiger partial charge in [0.2, 0.25) is 0 Å². The number of aromatic nitrogens is 1. The molecule has 0 aromatic carbocycles. The van der Waals surface area contributed by atoms with Crippen LogP contribution >= 0.6 is 11.3 Å². The SMILES string of the molecule is C[C@H](Cc1ccsc1)NC(=O)NC[C@H](Cc1ccc(O)cn1)N(C)C. The molecule has 0 fully saturated rings. The highest BCUT2D eigenvalue weighted by Gasteiger charge is 2.15. The Kier molecular flexibility index (Phi) is 7.21. The van der Waals surface area contributed by atoms with Crippen LogP contribution in [0.3, 0.4) is 0 Å². The van der Waals surface area contributed by atoms with Crippen molar-refractivity contribution >= 4 is 17.4 Å². The zero-order chi connectivity index (χ0) is 18.2. The Balaban J connectivity index is 1.79. The maximum atomic E-state index is 12.1. The van der Waals surface area contributed by atoms with Gasteiger partial charge in [0.15, 0.2) is 0 Å². The van der Waals surface area contributed by atoms with E-state index in [2.05, 4.69) is 32.0 Å². The van der Waals surface area contributed by atoms with Gasteiger partial charge in [-0.25, -0.2) is 4.79 Å². The molecule has 2 aromatic heterocycles. The van der Waals surface area contributed by atoms with Gasteiger partial charge in [0, 0.05) is 30.7 Å². The Labute approximate surface area is 152 Å². The molecule has 0 saturated heterocycles. The monoisotopic (exact) mass is 362 g/mol. The number of rotatable bonds is 8. The molecule has 136 valence electrons. The van der Waals surface area contributed by atoms with Gasteiger partial charge in [-0.15, -0.1) is 0 Å². The van der Waals surface area contributed by atoms with E-state index >= 15 is 0 Å². The molecule has 0 aliphatic heterocycles. The molecule has 0 saturated carbocycles. The Hall–Kier alpha value is -2.12. The van der Waals surface area contributed by atoms with E-state index in [1.165, 1.54) is 11.8 Å². The van der Waals surface area contributed by atoms with Crippen LogP contribution in [0.5, 0.6) is 5.75 Å². The van der Waals surface area contributed by atoms with Crippen molar-refractivity contribution in [3.8, 4) is 5.75 Å². The Morgan fingerprint density at radius 2 is 2.12 bits per heavy atom. The summed E-state index contributed by atoms with van der Waals surface area (Å²) in [5, 5.41) is 19.4. The Morgan fingerprint density at radius 1 is 1.32 bits per heavy atom. The quantitative estimate of drug-likeness (QED) is 0.673. The van der Waals surface area contributed by atoms with Gasteiger partial charge >= 0.3 is 6.03 Å². The second-order valence-corrected chi connectivity index (χ2v) is 7.20. The first-order valence-corrected chi connectivity index (χ1v) is 9.24. The second kappa shape index (κ2) is 9.39. The molecule has 2 heterocycles. The molecule has 7 heteroatoms. The van der Waals surface area contributed by atoms with Crippen LogP contribution in [0.25, 0.3) is 0 Å². The minimum Gasteiger partial charge on any atom is -0.506 e. The lowest BCUT2D eigenvalue weighted by Gasteiger charge is -2.25. The number of hydrogen-bond donors (Lipinski definition) is 3. The molecule has 2 atom stereocenters. The zero-order valence-electron chi connectivity index (χ0n) is 14.9. The van der Waals surface area contributed by atoms with Gasteiger partial charge < -0.3 is 20.6 Å². The minimum absolute atomic E-state index is 0.0752. The molecule has 0 spiro atoms. The number of nitrogens with zero attached hydrogens (tertiary/aromatic N) is 2. The van der Waals surface area contributed by atoms with E-state index < -0.39 is 0 Å². The maximum absolute atomic E-state index is 12.1. The van der Waals surface area contributed by atoms with Crippen molar-refractivity contribution in [3.05, 3.63) is 46.4 Å². The summed E-state index contributed by atoms with van der Waals surface area (Å²) in [5.41, 5.74) is 2.12. The summed E-state index contributed by atoms with van der Waals surface area (Å²) in [5.74, 6) is 0.155. The molecular weight excluding hydrogens is 336 g/mol. The van der Waals surface area contributed by atoms with Crippen molar-refractivity contribution in [2.75, 3.05) is 20.6 Å². The summed E-state index contributed by atoms with van der Waals surface area (Å²) in [4.78, 5) is 18.4. The molecule has 0 aliphatic carbocycles. The predicted octanol–water partition coefficient (Wildman–Crippen LogP) is 2.25. The van der Waals surface area contributed by atoms with Crippen LogP contribution < -0.4 is 10.6 Å². The third kappa shape index (κ3) is 6.72. The Morgan fingerprint density at radius 3 is 2.72 bits per heavy atom. The number of likely N-dealkylation sites (N-methyl/N-ethyl adjacent to an activating group) is 1. The number of pyridine rings is 1. The van der Waals surface area contributed by atoms with Crippen LogP contribution in [-0.4, -0.2) is 53.7 Å². The number of amides is 2. The number of carbonyl (C=O) groups is 1. The van der Waals surface area contributed by atoms with Gasteiger partial charge in [-0.3, -0.25) is 4.98 Å². The summed E-state index contributed by atoms with van der Waals surface area (Å²) in [6.45, 7) is 2.52. The normalized spacial score (nSPS) is 13.4. The van der Waals surface area contributed by atoms with E-state index in [1.54, 1.807) is 23.5 Å². The summed E-state index contributed by atoms with van der Waals surface area (Å²) in [6.07, 6.45) is 2.96. The fourth-order valence-corrected chi connectivity index (χ4v) is 3.20. The van der Waals surface area contributed by atoms with Crippen LogP contribution in [0, 0.1) is 0 Å². The standard InChI is InChI=1S/C18H26N4O2S/c1-13(8-14-6-7-25-12-14)21-18(24)20-10-16(22(2)3)9-15-4-5-17(23)11-19-15/h4-7,11-13,16,23H,8-10H2,1-3H3,(H2,20,21,24)/t13-,16+/m1/s1. The lowest BCUT2D eigenvalue weighted by molar-refractivity contribution is 0.229. The molecule has 2 amide bonds. The van der Waals surface area contributed by atoms with Gasteiger partial charge in [-0.05, 0) is 62.0 Å². The molecule has 0 bridgehead atoms. The summed E-state index contributed by atoms with van der Waals surface area (Å²) < 4.78 is 0. The van der Waals surface area contributed by atoms with E-state index in [4.69, 9.17) is 0 Å². The van der Waals surface area contributed by atoms with Gasteiger partial charge in [-0.1, -0.05) is 0 Å². The highest BCUT2D eigenvalue weighted by molar-refractivity contribution is 7.07. The highest BCUT2D eigenvalue weighted by atomic mass is 32.1. The summed E-state index contributed by atoms with van der Waals surface area (Å²) in [6, 6.07) is 5.54. The second-order valence-electron chi connectivity index (χ2n) is 6.42. The topological polar surface area (TPSA) is 77.5 Å². The highest BCUT2D eigenvalue weighted by Crippen LogP contribution is 2.10. The molecular formula is C18H26N4O2S. The van der Waals surface area contributed by atoms with Crippen molar-refractivity contribution in [2.45, 2.75) is 31.8 Å². The molecule has 6 nitrogen and oxygen atoms in total. The van der Waals surface area contributed by atoms with Crippen LogP contribution in [0.15, 0.2) is 35.2 Å². The molecule has 25 heavy (non-hydrogen) atoms. The van der Waals surface area contributed by atoms with Crippen LogP contribution in [-0.2, 0) is 12.8 Å². The van der Waals surface area contributed by atoms with Gasteiger partial charge in [0.05, 0.1) is 6.20 Å². The van der Waals surface area contributed by atoms with E-state index in [1.807, 2.05) is 26.4 Å². The number of urea groups is 1. The van der Waals surface area contributed by atoms with Gasteiger partial charge in [-0.2, -0.15) is 11.3 Å². The Bertz CT molecular complexity index is 644. The van der Waals surface area contributed by atoms with Gasteiger partial charge in [0.25, 0.3) is 0 Å². The van der Waals surface area contributed by atoms with Gasteiger partial charge in [0.1, 0.15) is 5.75 Å². The van der Waals surface area contributed by atoms with Crippen LogP contribution in [0.4, 0.5) is 4.79 Å². The number of hydrogen-bond acceptors (Lipinski definition) is 5. The van der Waals surface area contributed by atoms with Crippen LogP contribution in [0.1, 0.15) is 18.2 Å². The first-order chi connectivity index (χ1) is 11.9. The largest absolute Gasteiger partial charge is 0.506 e. The molecule has 2 aromatic rings. The summed E-state index contributed by atoms with van der Waals surface area (Å²) in [7, 11) is 3.95. The number of aromatic hydroxyl groups is 1. The molecule has 0 radical (unpaired) electrons. The van der Waals surface area contributed by atoms with Crippen molar-refractivity contribution in [1.82, 2.24) is 20.5 Å². The first-order valence-electron chi connectivity index (χ1n) is 8.30. The van der Waals surface area contributed by atoms with Crippen molar-refractivity contribution < 1.29 is 9.90 Å². The van der Waals surface area contributed by atoms with E-state index in [-0.39, 0.29) is 23.9 Å². The molecule has 3 N–H and O–H groups in total. The predicted molar refractivity (Wildman–Crippen MR) is 101 cm³/mol. The van der Waals surface area contributed by atoms with Crippen molar-refractivity contribution in [3.63, 3.8) is 0 Å². The number of thiophene rings is 1. The fourth-order valence-electron chi connectivity index (χ4n) is 2.51. The summed E-state index contributed by atoms with van der Waals surface area (Å²) >= 11 is 1.66. The van der Waals surface area contributed by atoms with E-state index in [0.717, 1.165) is 12.1 Å². The third-order valence-electron chi connectivity index (χ3n) is 3.98. The lowest BCUT2D eigenvalue weighted by Crippen LogP contribution is -2.47. The average molecular weight is 362 g/mol. The fraction of sp³-hybridized carbons (Fsp3) is 0.444. The average Bonchev–Trinajstić information content (AvgIpc) is 3.05. The number of carbonyl (C=O) groups excluding carboxylic acids is 1. The van der Waals surface area contributed by atoms with Crippen LogP contribution in [0.2, 0.25) is 0 Å². The third-order valence-corrected chi connectivity index (χ3v) is 4.71. The number of nitrogens with one attached hydrogen (secondary N) is 2. The van der Waals surface area contributed by atoms with E-state index in [9.17, 15) is 9.90 Å². The smallest absolute Gasteiger partial charge is 0.315 e. The lowest BCUT2D eigenvalue weighted by atomic mass is 10.1. The first kappa shape index (κ1) is 19.2. The van der Waals surface area contributed by atoms with Crippen molar-refractivity contribution in [2.24, 2.45) is 0 Å². The zero-order valence-corrected chi connectivity index (χ0v) is 15.7.